The van der Waals surface area contributed by atoms with Crippen LogP contribution >= 0.6 is 0 Å². The average Bonchev–Trinajstić information content (AvgIpc) is 3.43. The van der Waals surface area contributed by atoms with Crippen molar-refractivity contribution in [3.05, 3.63) is 59.9 Å². The van der Waals surface area contributed by atoms with Gasteiger partial charge in [-0.3, -0.25) is 0 Å². The first-order valence-corrected chi connectivity index (χ1v) is 23.9. The van der Waals surface area contributed by atoms with Crippen molar-refractivity contribution in [1.82, 2.24) is 0 Å². The smallest absolute Gasteiger partial charge is 0.221 e. The first-order valence-electron chi connectivity index (χ1n) is 11.9. The summed E-state index contributed by atoms with van der Waals surface area (Å²) < 4.78 is 13.1. The number of hydrogen-bond acceptors (Lipinski definition) is 6. The van der Waals surface area contributed by atoms with Crippen LogP contribution in [0.25, 0.3) is 0 Å². The van der Waals surface area contributed by atoms with E-state index in [0.29, 0.717) is 0 Å². The van der Waals surface area contributed by atoms with Crippen molar-refractivity contribution in [3.63, 3.8) is 0 Å². The maximum atomic E-state index is 6.55. The fourth-order valence-corrected chi connectivity index (χ4v) is 18.8. The van der Waals surface area contributed by atoms with E-state index in [2.05, 4.69) is 100 Å². The molecule has 0 aliphatic carbocycles. The normalized spacial score (nSPS) is 21.4. The van der Waals surface area contributed by atoms with Gasteiger partial charge in [0.25, 0.3) is 0 Å². The SMILES string of the molecule is C=C[Si](C)(C)O[Si](C)(C)[C@@H]1CC(c2cccc(C3=NO[C@@H]([Si](C)(C)O[Si](C)(C)C=C)C3)c2)=NO1. The van der Waals surface area contributed by atoms with Crippen molar-refractivity contribution < 1.29 is 17.9 Å². The van der Waals surface area contributed by atoms with E-state index < -0.39 is 33.3 Å². The highest BCUT2D eigenvalue weighted by Crippen LogP contribution is 2.30. The van der Waals surface area contributed by atoms with Gasteiger partial charge in [-0.1, -0.05) is 39.9 Å². The molecule has 0 unspecified atom stereocenters. The predicted octanol–water partition coefficient (Wildman–Crippen LogP) is 6.06. The van der Waals surface area contributed by atoms with Gasteiger partial charge in [-0.25, -0.2) is 0 Å². The third-order valence-corrected chi connectivity index (χ3v) is 20.6. The molecule has 0 aromatic heterocycles. The van der Waals surface area contributed by atoms with Crippen molar-refractivity contribution in [2.45, 2.75) is 76.7 Å². The van der Waals surface area contributed by atoms with Gasteiger partial charge in [-0.15, -0.1) is 13.2 Å². The lowest BCUT2D eigenvalue weighted by Gasteiger charge is -2.34. The summed E-state index contributed by atoms with van der Waals surface area (Å²) in [5.74, 6) is 0. The summed E-state index contributed by atoms with van der Waals surface area (Å²) in [5.41, 5.74) is 7.99. The van der Waals surface area contributed by atoms with Gasteiger partial charge in [0.05, 0.1) is 11.4 Å². The standard InChI is InChI=1S/C24H40N2O4Si4/c1-11-31(3,4)29-33(7,8)23-17-21(25-27-23)19-14-13-15-20(16-19)22-18-24(28-26-22)34(9,10)30-32(5,6)12-2/h11-16,23-24H,1-2,17-18H2,3-10H3/t23-,24+. The van der Waals surface area contributed by atoms with Crippen LogP contribution in [-0.4, -0.2) is 56.1 Å². The van der Waals surface area contributed by atoms with Gasteiger partial charge in [-0.05, 0) is 58.4 Å². The second kappa shape index (κ2) is 9.82. The van der Waals surface area contributed by atoms with Crippen LogP contribution < -0.4 is 0 Å². The molecule has 186 valence electrons. The van der Waals surface area contributed by atoms with Crippen LogP contribution in [0.2, 0.25) is 52.4 Å². The Hall–Kier alpha value is -1.57. The van der Waals surface area contributed by atoms with E-state index in [-0.39, 0.29) is 11.5 Å². The topological polar surface area (TPSA) is 61.6 Å². The Morgan fingerprint density at radius 1 is 0.765 bits per heavy atom. The summed E-state index contributed by atoms with van der Waals surface area (Å²) in [4.78, 5) is 11.8. The summed E-state index contributed by atoms with van der Waals surface area (Å²) in [5, 5.41) is 8.91. The minimum absolute atomic E-state index is 0.00394. The molecular formula is C24H40N2O4Si4. The molecule has 2 aliphatic heterocycles. The highest BCUT2D eigenvalue weighted by atomic mass is 28.4. The Labute approximate surface area is 209 Å². The van der Waals surface area contributed by atoms with Crippen LogP contribution in [0.5, 0.6) is 0 Å². The molecule has 1 aromatic rings. The monoisotopic (exact) mass is 532 g/mol. The van der Waals surface area contributed by atoms with E-state index in [4.69, 9.17) is 17.9 Å². The van der Waals surface area contributed by atoms with Crippen molar-refractivity contribution in [1.29, 1.82) is 0 Å². The number of oxime groups is 2. The Bertz CT molecular complexity index is 929. The zero-order chi connectivity index (χ0) is 25.4. The van der Waals surface area contributed by atoms with Crippen LogP contribution in [0.4, 0.5) is 0 Å². The van der Waals surface area contributed by atoms with Gasteiger partial charge in [0.2, 0.25) is 16.6 Å². The molecule has 0 N–H and O–H groups in total. The van der Waals surface area contributed by atoms with Crippen molar-refractivity contribution in [2.24, 2.45) is 10.3 Å². The molecule has 0 saturated carbocycles. The molecular weight excluding hydrogens is 493 g/mol. The van der Waals surface area contributed by atoms with E-state index in [0.717, 1.165) is 35.4 Å². The predicted molar refractivity (Wildman–Crippen MR) is 151 cm³/mol. The second-order valence-electron chi connectivity index (χ2n) is 11.3. The lowest BCUT2D eigenvalue weighted by molar-refractivity contribution is 0.124. The third-order valence-electron chi connectivity index (χ3n) is 6.45. The molecule has 0 amide bonds. The first-order chi connectivity index (χ1) is 15.7. The van der Waals surface area contributed by atoms with Crippen LogP contribution in [-0.2, 0) is 17.9 Å². The molecule has 0 spiro atoms. The van der Waals surface area contributed by atoms with Gasteiger partial charge in [0, 0.05) is 24.0 Å². The molecule has 1 aromatic carbocycles. The van der Waals surface area contributed by atoms with Crippen molar-refractivity contribution in [3.8, 4) is 0 Å². The fourth-order valence-electron chi connectivity index (χ4n) is 4.29. The Morgan fingerprint density at radius 2 is 1.15 bits per heavy atom. The number of hydrogen-bond donors (Lipinski definition) is 0. The van der Waals surface area contributed by atoms with Crippen LogP contribution in [0.3, 0.4) is 0 Å². The third kappa shape index (κ3) is 6.35. The molecule has 2 aliphatic rings. The summed E-state index contributed by atoms with van der Waals surface area (Å²) in [7, 11) is -7.98. The number of benzene rings is 1. The first kappa shape index (κ1) is 27.0. The van der Waals surface area contributed by atoms with Gasteiger partial charge in [0.15, 0.2) is 16.6 Å². The molecule has 6 nitrogen and oxygen atoms in total. The van der Waals surface area contributed by atoms with E-state index >= 15 is 0 Å². The zero-order valence-electron chi connectivity index (χ0n) is 22.0. The molecule has 0 saturated heterocycles. The lowest BCUT2D eigenvalue weighted by atomic mass is 10.0. The second-order valence-corrected chi connectivity index (χ2v) is 27.8. The fraction of sp³-hybridized carbons (Fsp3) is 0.500. The van der Waals surface area contributed by atoms with Gasteiger partial charge < -0.3 is 17.9 Å². The van der Waals surface area contributed by atoms with E-state index in [9.17, 15) is 0 Å². The Balaban J connectivity index is 1.68. The summed E-state index contributed by atoms with van der Waals surface area (Å²) in [6.45, 7) is 25.4. The van der Waals surface area contributed by atoms with E-state index in [1.54, 1.807) is 0 Å². The van der Waals surface area contributed by atoms with E-state index in [1.807, 2.05) is 11.4 Å². The number of nitrogens with zero attached hydrogens (tertiary/aromatic N) is 2. The molecule has 34 heavy (non-hydrogen) atoms. The largest absolute Gasteiger partial charge is 0.450 e. The van der Waals surface area contributed by atoms with Crippen molar-refractivity contribution >= 4 is 44.7 Å². The Kier molecular flexibility index (Phi) is 7.81. The lowest BCUT2D eigenvalue weighted by Crippen LogP contribution is -2.52. The molecule has 10 heteroatoms. The zero-order valence-corrected chi connectivity index (χ0v) is 26.0. The molecule has 0 bridgehead atoms. The summed E-state index contributed by atoms with van der Waals surface area (Å²) in [6, 6.07) is 8.36. The maximum absolute atomic E-state index is 6.55. The van der Waals surface area contributed by atoms with Crippen molar-refractivity contribution in [2.75, 3.05) is 0 Å². The molecule has 0 fully saturated rings. The Morgan fingerprint density at radius 3 is 1.50 bits per heavy atom. The summed E-state index contributed by atoms with van der Waals surface area (Å²) >= 11 is 0. The average molecular weight is 533 g/mol. The van der Waals surface area contributed by atoms with Gasteiger partial charge in [0.1, 0.15) is 11.5 Å². The number of rotatable bonds is 10. The van der Waals surface area contributed by atoms with E-state index in [1.165, 1.54) is 0 Å². The summed E-state index contributed by atoms with van der Waals surface area (Å²) in [6.07, 6.45) is 1.51. The molecule has 3 rings (SSSR count). The minimum Gasteiger partial charge on any atom is -0.450 e. The quantitative estimate of drug-likeness (QED) is 0.344. The van der Waals surface area contributed by atoms with Crippen LogP contribution in [0.15, 0.2) is 59.1 Å². The molecule has 0 radical (unpaired) electrons. The van der Waals surface area contributed by atoms with Gasteiger partial charge in [-0.2, -0.15) is 0 Å². The van der Waals surface area contributed by atoms with Crippen LogP contribution in [0, 0.1) is 0 Å². The van der Waals surface area contributed by atoms with Crippen LogP contribution in [0.1, 0.15) is 24.0 Å². The minimum atomic E-state index is -2.10. The highest BCUT2D eigenvalue weighted by molar-refractivity contribution is 6.88. The maximum Gasteiger partial charge on any atom is 0.221 e. The molecule has 2 atom stereocenters. The highest BCUT2D eigenvalue weighted by Gasteiger charge is 2.45. The van der Waals surface area contributed by atoms with Gasteiger partial charge >= 0.3 is 0 Å². The molecule has 2 heterocycles.